The maximum atomic E-state index is 13.6. The first-order valence-corrected chi connectivity index (χ1v) is 9.09. The van der Waals surface area contributed by atoms with Gasteiger partial charge in [0.05, 0.1) is 10.6 Å². The van der Waals surface area contributed by atoms with Gasteiger partial charge in [-0.25, -0.2) is 18.6 Å². The molecule has 0 bridgehead atoms. The van der Waals surface area contributed by atoms with Crippen molar-refractivity contribution in [1.82, 2.24) is 0 Å². The third-order valence-corrected chi connectivity index (χ3v) is 4.18. The summed E-state index contributed by atoms with van der Waals surface area (Å²) in [5.41, 5.74) is 0.425. The molecule has 0 atom stereocenters. The average molecular weight is 432 g/mol. The fourth-order valence-electron chi connectivity index (χ4n) is 2.51. The van der Waals surface area contributed by atoms with E-state index in [1.165, 1.54) is 6.08 Å². The van der Waals surface area contributed by atoms with Gasteiger partial charge in [-0.05, 0) is 30.3 Å². The van der Waals surface area contributed by atoms with Gasteiger partial charge >= 0.3 is 5.97 Å². The summed E-state index contributed by atoms with van der Waals surface area (Å²) >= 11 is 5.93. The van der Waals surface area contributed by atoms with E-state index in [9.17, 15) is 13.6 Å². The van der Waals surface area contributed by atoms with E-state index in [1.807, 2.05) is 0 Å². The minimum absolute atomic E-state index is 0.0383. The van der Waals surface area contributed by atoms with E-state index in [0.717, 1.165) is 12.1 Å². The van der Waals surface area contributed by atoms with Gasteiger partial charge in [0.1, 0.15) is 24.7 Å². The second kappa shape index (κ2) is 9.37. The Labute approximate surface area is 176 Å². The summed E-state index contributed by atoms with van der Waals surface area (Å²) in [6, 6.07) is 6.62. The Morgan fingerprint density at radius 1 is 1.07 bits per heavy atom. The zero-order valence-electron chi connectivity index (χ0n) is 15.7. The van der Waals surface area contributed by atoms with Crippen molar-refractivity contribution >= 4 is 29.5 Å². The van der Waals surface area contributed by atoms with Crippen LogP contribution in [0.2, 0.25) is 5.02 Å². The van der Waals surface area contributed by atoms with E-state index in [1.54, 1.807) is 30.4 Å². The first kappa shape index (κ1) is 21.3. The Balaban J connectivity index is 1.97. The smallest absolute Gasteiger partial charge is 0.363 e. The Morgan fingerprint density at radius 3 is 2.50 bits per heavy atom. The number of benzene rings is 2. The number of aliphatic imine (C=N–C) groups is 1. The Bertz CT molecular complexity index is 1080. The fraction of sp³-hybridized carbons (Fsp3) is 0.0909. The maximum absolute atomic E-state index is 13.6. The van der Waals surface area contributed by atoms with Crippen LogP contribution in [0.4, 0.5) is 8.78 Å². The van der Waals surface area contributed by atoms with Crippen LogP contribution in [0.25, 0.3) is 6.08 Å². The van der Waals surface area contributed by atoms with E-state index >= 15 is 0 Å². The SMILES string of the molecule is C=CCOc1ccc(/C=C2\N=C(c3cc(F)c(F)cc3Cl)OC2=O)c(OCC=C)c1. The van der Waals surface area contributed by atoms with Gasteiger partial charge in [-0.3, -0.25) is 0 Å². The van der Waals surface area contributed by atoms with Crippen molar-refractivity contribution in [2.45, 2.75) is 0 Å². The summed E-state index contributed by atoms with van der Waals surface area (Å²) in [4.78, 5) is 16.3. The molecule has 0 saturated carbocycles. The third-order valence-electron chi connectivity index (χ3n) is 3.86. The molecule has 0 spiro atoms. The lowest BCUT2D eigenvalue weighted by atomic mass is 10.1. The number of rotatable bonds is 8. The van der Waals surface area contributed by atoms with E-state index in [0.29, 0.717) is 23.7 Å². The Hall–Kier alpha value is -3.45. The van der Waals surface area contributed by atoms with Crippen LogP contribution in [0, 0.1) is 11.6 Å². The molecule has 0 N–H and O–H groups in total. The minimum atomic E-state index is -1.14. The lowest BCUT2D eigenvalue weighted by Gasteiger charge is -2.10. The molecular formula is C22H16ClF2NO4. The van der Waals surface area contributed by atoms with Crippen molar-refractivity contribution in [3.05, 3.63) is 89.1 Å². The highest BCUT2D eigenvalue weighted by molar-refractivity contribution is 6.34. The van der Waals surface area contributed by atoms with Crippen molar-refractivity contribution in [3.8, 4) is 11.5 Å². The number of carbonyl (C=O) groups excluding carboxylic acids is 1. The molecule has 1 aliphatic rings. The quantitative estimate of drug-likeness (QED) is 0.253. The number of hydrogen-bond donors (Lipinski definition) is 0. The largest absolute Gasteiger partial charge is 0.489 e. The molecule has 0 radical (unpaired) electrons. The van der Waals surface area contributed by atoms with Gasteiger partial charge in [-0.15, -0.1) is 0 Å². The molecule has 2 aromatic rings. The van der Waals surface area contributed by atoms with Crippen molar-refractivity contribution in [3.63, 3.8) is 0 Å². The maximum Gasteiger partial charge on any atom is 0.363 e. The van der Waals surface area contributed by atoms with Gasteiger partial charge < -0.3 is 14.2 Å². The molecule has 0 saturated heterocycles. The summed E-state index contributed by atoms with van der Waals surface area (Å²) in [5.74, 6) is -2.29. The first-order chi connectivity index (χ1) is 14.4. The number of cyclic esters (lactones) is 1. The summed E-state index contributed by atoms with van der Waals surface area (Å²) in [6.45, 7) is 7.74. The van der Waals surface area contributed by atoms with Crippen LogP contribution < -0.4 is 9.47 Å². The van der Waals surface area contributed by atoms with Gasteiger partial charge in [0.2, 0.25) is 5.90 Å². The van der Waals surface area contributed by atoms with Gasteiger partial charge in [-0.1, -0.05) is 36.9 Å². The molecule has 0 fully saturated rings. The normalized spacial score (nSPS) is 14.3. The number of ether oxygens (including phenoxy) is 3. The summed E-state index contributed by atoms with van der Waals surface area (Å²) in [5, 5.41) is -0.138. The molecule has 30 heavy (non-hydrogen) atoms. The molecule has 154 valence electrons. The minimum Gasteiger partial charge on any atom is -0.489 e. The molecular weight excluding hydrogens is 416 g/mol. The van der Waals surface area contributed by atoms with E-state index in [2.05, 4.69) is 18.2 Å². The Kier molecular flexibility index (Phi) is 6.64. The monoisotopic (exact) mass is 431 g/mol. The van der Waals surface area contributed by atoms with Crippen molar-refractivity contribution in [1.29, 1.82) is 0 Å². The van der Waals surface area contributed by atoms with Crippen molar-refractivity contribution < 1.29 is 27.8 Å². The van der Waals surface area contributed by atoms with E-state index in [-0.39, 0.29) is 28.8 Å². The lowest BCUT2D eigenvalue weighted by Crippen LogP contribution is -2.07. The highest BCUT2D eigenvalue weighted by atomic mass is 35.5. The predicted octanol–water partition coefficient (Wildman–Crippen LogP) is 5.09. The van der Waals surface area contributed by atoms with Crippen molar-refractivity contribution in [2.75, 3.05) is 13.2 Å². The van der Waals surface area contributed by atoms with Crippen LogP contribution in [0.1, 0.15) is 11.1 Å². The van der Waals surface area contributed by atoms with Crippen LogP contribution in [-0.2, 0) is 9.53 Å². The molecule has 0 unspecified atom stereocenters. The van der Waals surface area contributed by atoms with Crippen LogP contribution in [0.15, 0.2) is 66.3 Å². The highest BCUT2D eigenvalue weighted by Crippen LogP contribution is 2.30. The van der Waals surface area contributed by atoms with Gasteiger partial charge in [0.25, 0.3) is 0 Å². The number of halogens is 3. The second-order valence-electron chi connectivity index (χ2n) is 5.98. The average Bonchev–Trinajstić information content (AvgIpc) is 3.08. The number of hydrogen-bond acceptors (Lipinski definition) is 5. The van der Waals surface area contributed by atoms with Crippen LogP contribution in [-0.4, -0.2) is 25.1 Å². The molecule has 2 aromatic carbocycles. The molecule has 1 aliphatic heterocycles. The van der Waals surface area contributed by atoms with Crippen LogP contribution in [0.5, 0.6) is 11.5 Å². The fourth-order valence-corrected chi connectivity index (χ4v) is 2.74. The molecule has 0 aromatic heterocycles. The van der Waals surface area contributed by atoms with Crippen molar-refractivity contribution in [2.24, 2.45) is 4.99 Å². The number of carbonyl (C=O) groups is 1. The molecule has 8 heteroatoms. The topological polar surface area (TPSA) is 57.1 Å². The lowest BCUT2D eigenvalue weighted by molar-refractivity contribution is -0.129. The molecule has 1 heterocycles. The van der Waals surface area contributed by atoms with Crippen LogP contribution >= 0.6 is 11.6 Å². The standard InChI is InChI=1S/C22H16ClF2NO4/c1-3-7-28-14-6-5-13(20(10-14)29-8-4-2)9-19-22(27)30-21(26-19)15-11-17(24)18(25)12-16(15)23/h3-6,9-12H,1-2,7-8H2/b19-9-. The zero-order chi connectivity index (χ0) is 21.7. The summed E-state index contributed by atoms with van der Waals surface area (Å²) in [6.07, 6.45) is 4.62. The third kappa shape index (κ3) is 4.75. The summed E-state index contributed by atoms with van der Waals surface area (Å²) < 4.78 is 43.1. The van der Waals surface area contributed by atoms with Gasteiger partial charge in [0.15, 0.2) is 17.3 Å². The molecule has 0 amide bonds. The number of nitrogens with zero attached hydrogens (tertiary/aromatic N) is 1. The van der Waals surface area contributed by atoms with E-state index in [4.69, 9.17) is 25.8 Å². The zero-order valence-corrected chi connectivity index (χ0v) is 16.4. The molecule has 3 rings (SSSR count). The number of esters is 1. The van der Waals surface area contributed by atoms with Crippen LogP contribution in [0.3, 0.4) is 0 Å². The molecule has 0 aliphatic carbocycles. The Morgan fingerprint density at radius 2 is 1.77 bits per heavy atom. The molecule has 5 nitrogen and oxygen atoms in total. The van der Waals surface area contributed by atoms with Gasteiger partial charge in [0, 0.05) is 11.6 Å². The highest BCUT2D eigenvalue weighted by Gasteiger charge is 2.27. The summed E-state index contributed by atoms with van der Waals surface area (Å²) in [7, 11) is 0. The predicted molar refractivity (Wildman–Crippen MR) is 110 cm³/mol. The first-order valence-electron chi connectivity index (χ1n) is 8.72. The second-order valence-corrected chi connectivity index (χ2v) is 6.39. The van der Waals surface area contributed by atoms with Gasteiger partial charge in [-0.2, -0.15) is 0 Å². The van der Waals surface area contributed by atoms with E-state index < -0.39 is 17.6 Å².